The maximum atomic E-state index is 11.5. The number of carbonyl (C=O) groups is 2. The summed E-state index contributed by atoms with van der Waals surface area (Å²) in [6.45, 7) is 1.82. The highest BCUT2D eigenvalue weighted by molar-refractivity contribution is 9.10. The van der Waals surface area contributed by atoms with Gasteiger partial charge >= 0.3 is 5.97 Å². The van der Waals surface area contributed by atoms with Gasteiger partial charge in [-0.15, -0.1) is 0 Å². The van der Waals surface area contributed by atoms with Crippen molar-refractivity contribution in [1.82, 2.24) is 5.32 Å². The Hall–Kier alpha value is -1.56. The number of hydrogen-bond donors (Lipinski definition) is 1. The Kier molecular flexibility index (Phi) is 6.35. The quantitative estimate of drug-likeness (QED) is 0.809. The molecule has 0 heterocycles. The van der Waals surface area contributed by atoms with E-state index in [9.17, 15) is 9.59 Å². The zero-order chi connectivity index (χ0) is 14.3. The molecule has 0 aliphatic carbocycles. The van der Waals surface area contributed by atoms with Crippen LogP contribution in [0.15, 0.2) is 28.7 Å². The highest BCUT2D eigenvalue weighted by Crippen LogP contribution is 2.16. The number of halogens is 1. The van der Waals surface area contributed by atoms with Crippen molar-refractivity contribution in [1.29, 1.82) is 0 Å². The maximum Gasteiger partial charge on any atom is 0.328 e. The van der Waals surface area contributed by atoms with Crippen LogP contribution < -0.4 is 10.1 Å². The van der Waals surface area contributed by atoms with Gasteiger partial charge in [-0.05, 0) is 31.2 Å². The topological polar surface area (TPSA) is 64.6 Å². The Morgan fingerprint density at radius 3 is 2.53 bits per heavy atom. The molecule has 1 atom stereocenters. The van der Waals surface area contributed by atoms with Gasteiger partial charge in [0.15, 0.2) is 0 Å². The smallest absolute Gasteiger partial charge is 0.328 e. The van der Waals surface area contributed by atoms with Gasteiger partial charge in [-0.1, -0.05) is 15.9 Å². The van der Waals surface area contributed by atoms with E-state index in [1.807, 2.05) is 12.1 Å². The molecule has 104 valence electrons. The first-order chi connectivity index (χ1) is 9.02. The molecule has 0 saturated heterocycles. The van der Waals surface area contributed by atoms with Crippen LogP contribution in [0.4, 0.5) is 0 Å². The van der Waals surface area contributed by atoms with Gasteiger partial charge in [-0.2, -0.15) is 0 Å². The lowest BCUT2D eigenvalue weighted by Crippen LogP contribution is -2.39. The molecule has 0 spiro atoms. The molecule has 5 nitrogen and oxygen atoms in total. The average molecular weight is 330 g/mol. The molecule has 19 heavy (non-hydrogen) atoms. The number of carbonyl (C=O) groups excluding carboxylic acids is 2. The summed E-state index contributed by atoms with van der Waals surface area (Å²) in [6.07, 6.45) is 0.178. The van der Waals surface area contributed by atoms with Gasteiger partial charge < -0.3 is 14.8 Å². The fourth-order valence-corrected chi connectivity index (χ4v) is 1.61. The molecule has 1 rings (SSSR count). The van der Waals surface area contributed by atoms with Gasteiger partial charge in [0, 0.05) is 4.47 Å². The highest BCUT2D eigenvalue weighted by Gasteiger charge is 2.15. The van der Waals surface area contributed by atoms with E-state index in [0.29, 0.717) is 5.75 Å². The third-order valence-corrected chi connectivity index (χ3v) is 2.87. The van der Waals surface area contributed by atoms with Crippen molar-refractivity contribution in [3.05, 3.63) is 28.7 Å². The minimum atomic E-state index is -0.648. The van der Waals surface area contributed by atoms with Gasteiger partial charge in [-0.3, -0.25) is 4.79 Å². The van der Waals surface area contributed by atoms with E-state index < -0.39 is 12.0 Å². The van der Waals surface area contributed by atoms with Gasteiger partial charge in [0.25, 0.3) is 0 Å². The van der Waals surface area contributed by atoms with Crippen molar-refractivity contribution in [2.45, 2.75) is 19.4 Å². The Morgan fingerprint density at radius 2 is 1.95 bits per heavy atom. The summed E-state index contributed by atoms with van der Waals surface area (Å²) in [5, 5.41) is 2.52. The molecule has 1 aromatic carbocycles. The molecule has 0 radical (unpaired) electrons. The summed E-state index contributed by atoms with van der Waals surface area (Å²) in [4.78, 5) is 22.6. The van der Waals surface area contributed by atoms with Crippen LogP contribution in [0.3, 0.4) is 0 Å². The second-order valence-corrected chi connectivity index (χ2v) is 4.78. The summed E-state index contributed by atoms with van der Waals surface area (Å²) in [6, 6.07) is 6.67. The van der Waals surface area contributed by atoms with Gasteiger partial charge in [0.05, 0.1) is 20.1 Å². The number of amides is 1. The fourth-order valence-electron chi connectivity index (χ4n) is 1.34. The van der Waals surface area contributed by atoms with E-state index in [-0.39, 0.29) is 18.9 Å². The van der Waals surface area contributed by atoms with Crippen LogP contribution in [0.2, 0.25) is 0 Å². The Balaban J connectivity index is 2.27. The van der Waals surface area contributed by atoms with Crippen LogP contribution in [0.1, 0.15) is 13.3 Å². The lowest BCUT2D eigenvalue weighted by molar-refractivity contribution is -0.144. The molecule has 1 amide bonds. The maximum absolute atomic E-state index is 11.5. The lowest BCUT2D eigenvalue weighted by atomic mass is 10.3. The van der Waals surface area contributed by atoms with Crippen molar-refractivity contribution >= 4 is 27.8 Å². The zero-order valence-electron chi connectivity index (χ0n) is 10.8. The minimum absolute atomic E-state index is 0.178. The third kappa shape index (κ3) is 5.74. The molecule has 0 aliphatic rings. The van der Waals surface area contributed by atoms with Gasteiger partial charge in [0.2, 0.25) is 5.91 Å². The standard InChI is InChI=1S/C13H16BrNO4/c1-9(13(17)18-2)15-12(16)7-8-19-11-5-3-10(14)4-6-11/h3-6,9H,7-8H2,1-2H3,(H,15,16)/t9-/m1/s1. The molecular weight excluding hydrogens is 314 g/mol. The average Bonchev–Trinajstić information content (AvgIpc) is 2.40. The molecule has 6 heteroatoms. The Bertz CT molecular complexity index is 433. The van der Waals surface area contributed by atoms with Gasteiger partial charge in [-0.25, -0.2) is 4.79 Å². The van der Waals surface area contributed by atoms with Crippen molar-refractivity contribution in [2.75, 3.05) is 13.7 Å². The first kappa shape index (κ1) is 15.5. The van der Waals surface area contributed by atoms with Crippen molar-refractivity contribution < 1.29 is 19.1 Å². The molecule has 0 fully saturated rings. The fraction of sp³-hybridized carbons (Fsp3) is 0.385. The monoisotopic (exact) mass is 329 g/mol. The van der Waals surface area contributed by atoms with Crippen LogP contribution in [-0.4, -0.2) is 31.6 Å². The van der Waals surface area contributed by atoms with E-state index in [1.54, 1.807) is 19.1 Å². The SMILES string of the molecule is COC(=O)[C@@H](C)NC(=O)CCOc1ccc(Br)cc1. The first-order valence-electron chi connectivity index (χ1n) is 5.78. The number of esters is 1. The third-order valence-electron chi connectivity index (χ3n) is 2.34. The van der Waals surface area contributed by atoms with Crippen LogP contribution in [0.5, 0.6) is 5.75 Å². The molecule has 0 aliphatic heterocycles. The Morgan fingerprint density at radius 1 is 1.32 bits per heavy atom. The van der Waals surface area contributed by atoms with Gasteiger partial charge in [0.1, 0.15) is 11.8 Å². The summed E-state index contributed by atoms with van der Waals surface area (Å²) >= 11 is 3.32. The number of methoxy groups -OCH3 is 1. The summed E-state index contributed by atoms with van der Waals surface area (Å²) < 4.78 is 10.9. The number of benzene rings is 1. The van der Waals surface area contributed by atoms with E-state index in [1.165, 1.54) is 7.11 Å². The summed E-state index contributed by atoms with van der Waals surface area (Å²) in [5.74, 6) is -0.0331. The zero-order valence-corrected chi connectivity index (χ0v) is 12.4. The molecule has 0 saturated carbocycles. The van der Waals surface area contributed by atoms with E-state index in [0.717, 1.165) is 4.47 Å². The molecule has 0 bridgehead atoms. The normalized spacial score (nSPS) is 11.5. The summed E-state index contributed by atoms with van der Waals surface area (Å²) in [7, 11) is 1.28. The van der Waals surface area contributed by atoms with Crippen LogP contribution in [0.25, 0.3) is 0 Å². The molecule has 1 aromatic rings. The number of ether oxygens (including phenoxy) is 2. The second-order valence-electron chi connectivity index (χ2n) is 3.86. The number of rotatable bonds is 6. The molecule has 1 N–H and O–H groups in total. The van der Waals surface area contributed by atoms with Crippen molar-refractivity contribution in [3.8, 4) is 5.75 Å². The van der Waals surface area contributed by atoms with Crippen LogP contribution >= 0.6 is 15.9 Å². The minimum Gasteiger partial charge on any atom is -0.493 e. The van der Waals surface area contributed by atoms with Crippen molar-refractivity contribution in [3.63, 3.8) is 0 Å². The largest absolute Gasteiger partial charge is 0.493 e. The predicted octanol–water partition coefficient (Wildman–Crippen LogP) is 1.90. The molecule has 0 aromatic heterocycles. The Labute approximate surface area is 120 Å². The molecule has 0 unspecified atom stereocenters. The second kappa shape index (κ2) is 7.78. The van der Waals surface area contributed by atoms with E-state index >= 15 is 0 Å². The summed E-state index contributed by atoms with van der Waals surface area (Å²) in [5.41, 5.74) is 0. The number of hydrogen-bond acceptors (Lipinski definition) is 4. The first-order valence-corrected chi connectivity index (χ1v) is 6.58. The van der Waals surface area contributed by atoms with Crippen molar-refractivity contribution in [2.24, 2.45) is 0 Å². The van der Waals surface area contributed by atoms with E-state index in [2.05, 4.69) is 26.0 Å². The highest BCUT2D eigenvalue weighted by atomic mass is 79.9. The number of nitrogens with one attached hydrogen (secondary N) is 1. The molecular formula is C13H16BrNO4. The van der Waals surface area contributed by atoms with Crippen LogP contribution in [0, 0.1) is 0 Å². The van der Waals surface area contributed by atoms with Crippen LogP contribution in [-0.2, 0) is 14.3 Å². The predicted molar refractivity (Wildman–Crippen MR) is 73.9 cm³/mol. The van der Waals surface area contributed by atoms with E-state index in [4.69, 9.17) is 4.74 Å². The lowest BCUT2D eigenvalue weighted by Gasteiger charge is -2.11.